The van der Waals surface area contributed by atoms with Gasteiger partial charge in [0.1, 0.15) is 28.9 Å². The van der Waals surface area contributed by atoms with Crippen molar-refractivity contribution in [2.45, 2.75) is 56.3 Å². The first-order valence-corrected chi connectivity index (χ1v) is 13.4. The number of esters is 1. The minimum Gasteiger partial charge on any atom is -0.508 e. The van der Waals surface area contributed by atoms with E-state index in [0.29, 0.717) is 18.4 Å². The van der Waals surface area contributed by atoms with Gasteiger partial charge in [0.05, 0.1) is 23.4 Å². The van der Waals surface area contributed by atoms with Crippen molar-refractivity contribution in [3.05, 3.63) is 52.7 Å². The Hall–Kier alpha value is -3.70. The number of hydrogen-bond acceptors (Lipinski definition) is 10. The number of amides is 1. The number of benzene rings is 1. The number of nitrogens with two attached hydrogens (primary N) is 1. The van der Waals surface area contributed by atoms with Crippen molar-refractivity contribution in [1.29, 1.82) is 0 Å². The number of phenolic OH excluding ortho intramolecular Hbond substituents is 1. The molecular formula is C29H33N2O9. The number of ether oxygens (including phenoxy) is 1. The lowest BCUT2D eigenvalue weighted by atomic mass is 9.56. The van der Waals surface area contributed by atoms with Crippen LogP contribution < -0.4 is 5.73 Å². The zero-order valence-corrected chi connectivity index (χ0v) is 22.3. The second kappa shape index (κ2) is 10.0. The Bertz CT molecular complexity index is 1350. The van der Waals surface area contributed by atoms with Crippen molar-refractivity contribution >= 4 is 29.2 Å². The maximum Gasteiger partial charge on any atom is 0.309 e. The molecule has 0 saturated heterocycles. The second-order valence-electron chi connectivity index (χ2n) is 11.3. The summed E-state index contributed by atoms with van der Waals surface area (Å²) in [5.41, 5.74) is 1.36. The summed E-state index contributed by atoms with van der Waals surface area (Å²) >= 11 is 0. The predicted molar refractivity (Wildman–Crippen MR) is 140 cm³/mol. The van der Waals surface area contributed by atoms with Crippen molar-refractivity contribution in [2.24, 2.45) is 23.5 Å². The Labute approximate surface area is 230 Å². The van der Waals surface area contributed by atoms with Crippen LogP contribution in [0.3, 0.4) is 0 Å². The number of nitrogens with zero attached hydrogens (tertiary/aromatic N) is 1. The summed E-state index contributed by atoms with van der Waals surface area (Å²) in [5.74, 6) is -9.45. The molecule has 1 aromatic rings. The molecular weight excluding hydrogens is 520 g/mol. The summed E-state index contributed by atoms with van der Waals surface area (Å²) in [6.45, 7) is 0. The van der Waals surface area contributed by atoms with Gasteiger partial charge in [0.25, 0.3) is 5.91 Å². The minimum absolute atomic E-state index is 0.0763. The molecule has 4 aliphatic rings. The van der Waals surface area contributed by atoms with E-state index in [2.05, 4.69) is 0 Å². The van der Waals surface area contributed by atoms with Crippen LogP contribution in [-0.4, -0.2) is 80.6 Å². The molecule has 5 rings (SSSR count). The molecule has 11 nitrogen and oxygen atoms in total. The van der Waals surface area contributed by atoms with Crippen molar-refractivity contribution < 1.29 is 44.3 Å². The molecule has 40 heavy (non-hydrogen) atoms. The predicted octanol–water partition coefficient (Wildman–Crippen LogP) is 1.47. The topological polar surface area (TPSA) is 188 Å². The van der Waals surface area contributed by atoms with Gasteiger partial charge in [-0.15, -0.1) is 0 Å². The van der Waals surface area contributed by atoms with Crippen LogP contribution >= 0.6 is 0 Å². The normalized spacial score (nSPS) is 30.9. The van der Waals surface area contributed by atoms with Crippen LogP contribution in [0.15, 0.2) is 35.1 Å². The monoisotopic (exact) mass is 553 g/mol. The Morgan fingerprint density at radius 2 is 1.70 bits per heavy atom. The molecule has 0 unspecified atom stereocenters. The fourth-order valence-electron chi connectivity index (χ4n) is 6.84. The first kappa shape index (κ1) is 27.9. The number of phenols is 1. The molecule has 4 aliphatic carbocycles. The number of carbonyl (C=O) groups excluding carboxylic acids is 4. The third-order valence-corrected chi connectivity index (χ3v) is 8.74. The summed E-state index contributed by atoms with van der Waals surface area (Å²) in [4.78, 5) is 54.9. The maximum atomic E-state index is 14.1. The SMILES string of the molecule is CN(C)[C@H]1C(=O)C(C(N)=O)=C(O)[C@]2(O)C(=O)C3=C(O)c4c(O)cccc4[CH][C@@H]3[C@@H](OC(=O)C3CCCCCC3)[C@H]12. The number of hydrogen-bond donors (Lipinski definition) is 5. The lowest BCUT2D eigenvalue weighted by Crippen LogP contribution is -2.70. The molecule has 5 atom stereocenters. The number of carbonyl (C=O) groups is 4. The number of Topliss-reactive ketones (excluding diaryl/α,β-unsaturated/α-hetero) is 2. The molecule has 11 heteroatoms. The van der Waals surface area contributed by atoms with E-state index in [1.165, 1.54) is 37.5 Å². The molecule has 1 radical (unpaired) electrons. The van der Waals surface area contributed by atoms with E-state index < -0.39 is 81.6 Å². The fraction of sp³-hybridized carbons (Fsp3) is 0.483. The van der Waals surface area contributed by atoms with Gasteiger partial charge < -0.3 is 30.9 Å². The smallest absolute Gasteiger partial charge is 0.309 e. The average molecular weight is 554 g/mol. The van der Waals surface area contributed by atoms with Crippen LogP contribution in [0.25, 0.3) is 5.76 Å². The van der Waals surface area contributed by atoms with E-state index in [9.17, 15) is 39.6 Å². The van der Waals surface area contributed by atoms with Crippen molar-refractivity contribution in [1.82, 2.24) is 4.90 Å². The molecule has 0 spiro atoms. The van der Waals surface area contributed by atoms with Gasteiger partial charge in [-0.25, -0.2) is 0 Å². The fourth-order valence-corrected chi connectivity index (χ4v) is 6.84. The van der Waals surface area contributed by atoms with Crippen molar-refractivity contribution in [3.63, 3.8) is 0 Å². The number of likely N-dealkylation sites (N-methyl/N-ethyl adjacent to an activating group) is 1. The summed E-state index contributed by atoms with van der Waals surface area (Å²) < 4.78 is 6.09. The quantitative estimate of drug-likeness (QED) is 0.207. The summed E-state index contributed by atoms with van der Waals surface area (Å²) in [7, 11) is 2.97. The minimum atomic E-state index is -2.95. The average Bonchev–Trinajstić information content (AvgIpc) is 3.17. The van der Waals surface area contributed by atoms with E-state index in [0.717, 1.165) is 25.7 Å². The molecule has 6 N–H and O–H groups in total. The van der Waals surface area contributed by atoms with Gasteiger partial charge in [-0.2, -0.15) is 0 Å². The third-order valence-electron chi connectivity index (χ3n) is 8.74. The molecule has 2 saturated carbocycles. The molecule has 0 aromatic heterocycles. The Kier molecular flexibility index (Phi) is 6.99. The van der Waals surface area contributed by atoms with E-state index in [4.69, 9.17) is 10.5 Å². The number of fused-ring (bicyclic) bond motifs is 3. The van der Waals surface area contributed by atoms with E-state index in [1.807, 2.05) is 0 Å². The molecule has 0 bridgehead atoms. The third kappa shape index (κ3) is 4.02. The molecule has 1 amide bonds. The lowest BCUT2D eigenvalue weighted by Gasteiger charge is -2.53. The van der Waals surface area contributed by atoms with Gasteiger partial charge in [-0.1, -0.05) is 37.8 Å². The number of aromatic hydroxyl groups is 1. The highest BCUT2D eigenvalue weighted by molar-refractivity contribution is 6.24. The van der Waals surface area contributed by atoms with E-state index in [1.54, 1.807) is 6.07 Å². The van der Waals surface area contributed by atoms with Crippen LogP contribution in [0.4, 0.5) is 0 Å². The lowest BCUT2D eigenvalue weighted by molar-refractivity contribution is -0.185. The van der Waals surface area contributed by atoms with Gasteiger partial charge in [-0.05, 0) is 38.6 Å². The number of rotatable bonds is 4. The Morgan fingerprint density at radius 3 is 2.30 bits per heavy atom. The highest BCUT2D eigenvalue weighted by atomic mass is 16.5. The first-order chi connectivity index (χ1) is 18.9. The highest BCUT2D eigenvalue weighted by Gasteiger charge is 2.69. The van der Waals surface area contributed by atoms with E-state index in [-0.39, 0.29) is 11.3 Å². The van der Waals surface area contributed by atoms with Crippen LogP contribution in [0.5, 0.6) is 5.75 Å². The van der Waals surface area contributed by atoms with Gasteiger partial charge in [0.15, 0.2) is 11.4 Å². The van der Waals surface area contributed by atoms with Gasteiger partial charge in [0.2, 0.25) is 5.78 Å². The van der Waals surface area contributed by atoms with Crippen molar-refractivity contribution in [2.75, 3.05) is 14.1 Å². The molecule has 1 aromatic carbocycles. The summed E-state index contributed by atoms with van der Waals surface area (Å²) in [6, 6.07) is 3.04. The Morgan fingerprint density at radius 1 is 1.05 bits per heavy atom. The maximum absolute atomic E-state index is 14.1. The van der Waals surface area contributed by atoms with Gasteiger partial charge in [-0.3, -0.25) is 24.1 Å². The summed E-state index contributed by atoms with van der Waals surface area (Å²) in [6.07, 6.45) is 4.91. The van der Waals surface area contributed by atoms with Crippen LogP contribution in [0.1, 0.15) is 49.7 Å². The van der Waals surface area contributed by atoms with E-state index >= 15 is 0 Å². The highest BCUT2D eigenvalue weighted by Crippen LogP contribution is 2.54. The molecule has 0 heterocycles. The van der Waals surface area contributed by atoms with Crippen LogP contribution in [0, 0.1) is 24.2 Å². The largest absolute Gasteiger partial charge is 0.508 e. The van der Waals surface area contributed by atoms with Gasteiger partial charge >= 0.3 is 5.97 Å². The molecule has 0 aliphatic heterocycles. The molecule has 213 valence electrons. The number of ketones is 2. The zero-order valence-electron chi connectivity index (χ0n) is 22.3. The number of primary amides is 1. The second-order valence-corrected chi connectivity index (χ2v) is 11.3. The van der Waals surface area contributed by atoms with Crippen LogP contribution in [-0.2, 0) is 23.9 Å². The molecule has 2 fully saturated rings. The van der Waals surface area contributed by atoms with Crippen molar-refractivity contribution in [3.8, 4) is 5.75 Å². The number of aliphatic hydroxyl groups is 3. The zero-order chi connectivity index (χ0) is 29.1. The summed E-state index contributed by atoms with van der Waals surface area (Å²) in [5, 5.41) is 45.0. The van der Waals surface area contributed by atoms with Gasteiger partial charge in [0, 0.05) is 17.9 Å². The number of aliphatic hydroxyl groups excluding tert-OH is 2. The van der Waals surface area contributed by atoms with Crippen LogP contribution in [0.2, 0.25) is 0 Å². The Balaban J connectivity index is 1.74. The first-order valence-electron chi connectivity index (χ1n) is 13.4. The standard InChI is InChI=1S/C29H33N2O9/c1-31(2)21-20-24(40-28(38)13-8-5-3-4-6-9-13)15-12-14-10-7-11-16(32)17(14)22(33)18(15)25(35)29(20,39)26(36)19(23(21)34)27(30)37/h7,10-13,15,20-21,24,32-33,36,39H,3-6,8-9H2,1-2H3,(H2,30,37)/t15-,20-,21+,24+,29+/m0/s1.